The fraction of sp³-hybridized carbons (Fsp3) is 0.571. The highest BCUT2D eigenvalue weighted by atomic mass is 19.4. The van der Waals surface area contributed by atoms with Crippen LogP contribution in [0, 0.1) is 17.8 Å². The number of aromatic nitrogens is 3. The van der Waals surface area contributed by atoms with Gasteiger partial charge in [0.15, 0.2) is 0 Å². The van der Waals surface area contributed by atoms with Gasteiger partial charge in [0.1, 0.15) is 11.5 Å². The summed E-state index contributed by atoms with van der Waals surface area (Å²) in [4.78, 5) is 6.05. The zero-order chi connectivity index (χ0) is 20.7. The van der Waals surface area contributed by atoms with Crippen molar-refractivity contribution in [3.05, 3.63) is 36.2 Å². The summed E-state index contributed by atoms with van der Waals surface area (Å²) in [6.07, 6.45) is -0.924. The molecule has 2 aliphatic heterocycles. The van der Waals surface area contributed by atoms with Gasteiger partial charge in [-0.3, -0.25) is 4.98 Å². The first-order valence-electron chi connectivity index (χ1n) is 10.4. The van der Waals surface area contributed by atoms with Crippen LogP contribution in [0.4, 0.5) is 19.0 Å². The number of alkyl halides is 3. The molecule has 4 heterocycles. The summed E-state index contributed by atoms with van der Waals surface area (Å²) < 4.78 is 43.3. The number of pyridine rings is 1. The molecule has 30 heavy (non-hydrogen) atoms. The molecule has 2 aromatic heterocycles. The van der Waals surface area contributed by atoms with Crippen LogP contribution >= 0.6 is 0 Å². The Bertz CT molecular complexity index is 856. The van der Waals surface area contributed by atoms with E-state index < -0.39 is 11.9 Å². The minimum atomic E-state index is -4.44. The Kier molecular flexibility index (Phi) is 5.10. The van der Waals surface area contributed by atoms with Gasteiger partial charge in [0.25, 0.3) is 0 Å². The maximum Gasteiger partial charge on any atom is 0.433 e. The normalized spacial score (nSPS) is 27.1. The highest BCUT2D eigenvalue weighted by Gasteiger charge is 2.55. The molecule has 3 aliphatic rings. The van der Waals surface area contributed by atoms with E-state index in [4.69, 9.17) is 4.74 Å². The van der Waals surface area contributed by atoms with Gasteiger partial charge in [0.05, 0.1) is 5.69 Å². The minimum absolute atomic E-state index is 0.434. The highest BCUT2D eigenvalue weighted by Crippen LogP contribution is 2.47. The SMILES string of the molecule is FC(F)(F)c1ccc(-c2ccc(NC3C4CN(CC5CCOCC5)CC43)nn2)cn1. The molecule has 0 bridgehead atoms. The van der Waals surface area contributed by atoms with Gasteiger partial charge in [-0.15, -0.1) is 10.2 Å². The molecule has 0 aromatic carbocycles. The topological polar surface area (TPSA) is 63.2 Å². The van der Waals surface area contributed by atoms with Crippen molar-refractivity contribution in [2.45, 2.75) is 25.1 Å². The maximum absolute atomic E-state index is 12.6. The van der Waals surface area contributed by atoms with E-state index in [2.05, 4.69) is 25.4 Å². The third kappa shape index (κ3) is 4.13. The van der Waals surface area contributed by atoms with E-state index in [-0.39, 0.29) is 0 Å². The molecule has 0 radical (unpaired) electrons. The molecular weight excluding hydrogens is 395 g/mol. The average Bonchev–Trinajstić information content (AvgIpc) is 3.18. The first-order valence-corrected chi connectivity index (χ1v) is 10.4. The molecule has 2 atom stereocenters. The van der Waals surface area contributed by atoms with E-state index in [0.717, 1.165) is 38.3 Å². The van der Waals surface area contributed by atoms with Gasteiger partial charge >= 0.3 is 6.18 Å². The van der Waals surface area contributed by atoms with Crippen molar-refractivity contribution >= 4 is 5.82 Å². The molecule has 0 spiro atoms. The van der Waals surface area contributed by atoms with Crippen LogP contribution in [0.25, 0.3) is 11.3 Å². The number of fused-ring (bicyclic) bond motifs is 1. The second kappa shape index (κ2) is 7.77. The molecule has 9 heteroatoms. The Morgan fingerprint density at radius 1 is 1.03 bits per heavy atom. The largest absolute Gasteiger partial charge is 0.433 e. The summed E-state index contributed by atoms with van der Waals surface area (Å²) in [7, 11) is 0. The van der Waals surface area contributed by atoms with Crippen LogP contribution in [0.15, 0.2) is 30.5 Å². The lowest BCUT2D eigenvalue weighted by Crippen LogP contribution is -2.34. The molecule has 3 fully saturated rings. The number of nitrogens with one attached hydrogen (secondary N) is 1. The molecular formula is C21H24F3N5O. The Morgan fingerprint density at radius 3 is 2.40 bits per heavy atom. The summed E-state index contributed by atoms with van der Waals surface area (Å²) in [6, 6.07) is 6.35. The van der Waals surface area contributed by atoms with E-state index in [1.165, 1.54) is 31.6 Å². The van der Waals surface area contributed by atoms with E-state index in [9.17, 15) is 13.2 Å². The van der Waals surface area contributed by atoms with Gasteiger partial charge in [-0.25, -0.2) is 0 Å². The molecule has 0 amide bonds. The van der Waals surface area contributed by atoms with Crippen molar-refractivity contribution < 1.29 is 17.9 Å². The van der Waals surface area contributed by atoms with Crippen molar-refractivity contribution in [2.75, 3.05) is 38.2 Å². The number of hydrogen-bond acceptors (Lipinski definition) is 6. The maximum atomic E-state index is 12.6. The number of halogens is 3. The molecule has 1 saturated carbocycles. The fourth-order valence-corrected chi connectivity index (χ4v) is 4.72. The van der Waals surface area contributed by atoms with Crippen LogP contribution in [-0.4, -0.2) is 59.0 Å². The summed E-state index contributed by atoms with van der Waals surface area (Å²) in [6.45, 7) is 5.23. The first-order chi connectivity index (χ1) is 14.5. The number of hydrogen-bond donors (Lipinski definition) is 1. The van der Waals surface area contributed by atoms with Crippen molar-refractivity contribution in [1.29, 1.82) is 0 Å². The van der Waals surface area contributed by atoms with Gasteiger partial charge in [0, 0.05) is 50.7 Å². The number of rotatable bonds is 5. The van der Waals surface area contributed by atoms with Gasteiger partial charge < -0.3 is 15.0 Å². The Morgan fingerprint density at radius 2 is 1.80 bits per heavy atom. The van der Waals surface area contributed by atoms with Crippen LogP contribution < -0.4 is 5.32 Å². The number of ether oxygens (including phenoxy) is 1. The van der Waals surface area contributed by atoms with Gasteiger partial charge in [0.2, 0.25) is 0 Å². The minimum Gasteiger partial charge on any atom is -0.381 e. The zero-order valence-corrected chi connectivity index (χ0v) is 16.5. The number of likely N-dealkylation sites (tertiary alicyclic amines) is 1. The zero-order valence-electron chi connectivity index (χ0n) is 16.5. The number of anilines is 1. The average molecular weight is 419 g/mol. The summed E-state index contributed by atoms with van der Waals surface area (Å²) in [5.74, 6) is 2.78. The van der Waals surface area contributed by atoms with E-state index in [0.29, 0.717) is 35.0 Å². The van der Waals surface area contributed by atoms with E-state index in [1.54, 1.807) is 6.07 Å². The standard InChI is InChI=1S/C21H24F3N5O/c22-21(23,24)18-3-1-14(9-25-18)17-2-4-19(28-27-17)26-20-15-11-29(12-16(15)20)10-13-5-7-30-8-6-13/h1-4,9,13,15-16,20H,5-8,10-12H2,(H,26,28). The predicted octanol–water partition coefficient (Wildman–Crippen LogP) is 3.33. The lowest BCUT2D eigenvalue weighted by molar-refractivity contribution is -0.141. The van der Waals surface area contributed by atoms with Crippen LogP contribution in [0.2, 0.25) is 0 Å². The van der Waals surface area contributed by atoms with Crippen molar-refractivity contribution in [2.24, 2.45) is 17.8 Å². The van der Waals surface area contributed by atoms with Crippen molar-refractivity contribution in [3.63, 3.8) is 0 Å². The third-order valence-electron chi connectivity index (χ3n) is 6.46. The lowest BCUT2D eigenvalue weighted by Gasteiger charge is -2.28. The molecule has 2 saturated heterocycles. The number of nitrogens with zero attached hydrogens (tertiary/aromatic N) is 4. The van der Waals surface area contributed by atoms with Gasteiger partial charge in [-0.1, -0.05) is 0 Å². The summed E-state index contributed by atoms with van der Waals surface area (Å²) >= 11 is 0. The third-order valence-corrected chi connectivity index (χ3v) is 6.46. The Balaban J connectivity index is 1.13. The Labute approximate surface area is 172 Å². The Hall–Kier alpha value is -2.26. The highest BCUT2D eigenvalue weighted by molar-refractivity contribution is 5.58. The quantitative estimate of drug-likeness (QED) is 0.802. The molecule has 2 unspecified atom stereocenters. The molecule has 1 N–H and O–H groups in total. The molecule has 2 aromatic rings. The van der Waals surface area contributed by atoms with Crippen molar-refractivity contribution in [1.82, 2.24) is 20.1 Å². The fourth-order valence-electron chi connectivity index (χ4n) is 4.72. The van der Waals surface area contributed by atoms with Gasteiger partial charge in [-0.2, -0.15) is 13.2 Å². The first kappa shape index (κ1) is 19.7. The molecule has 6 nitrogen and oxygen atoms in total. The van der Waals surface area contributed by atoms with Crippen LogP contribution in [0.3, 0.4) is 0 Å². The monoisotopic (exact) mass is 419 g/mol. The smallest absolute Gasteiger partial charge is 0.381 e. The van der Waals surface area contributed by atoms with Gasteiger partial charge in [-0.05, 0) is 54.9 Å². The predicted molar refractivity (Wildman–Crippen MR) is 105 cm³/mol. The van der Waals surface area contributed by atoms with Crippen molar-refractivity contribution in [3.8, 4) is 11.3 Å². The van der Waals surface area contributed by atoms with E-state index in [1.807, 2.05) is 6.07 Å². The lowest BCUT2D eigenvalue weighted by atomic mass is 10.00. The molecule has 160 valence electrons. The van der Waals surface area contributed by atoms with Crippen LogP contribution in [0.5, 0.6) is 0 Å². The van der Waals surface area contributed by atoms with Crippen LogP contribution in [-0.2, 0) is 10.9 Å². The molecule has 1 aliphatic carbocycles. The second-order valence-corrected chi connectivity index (χ2v) is 8.51. The summed E-state index contributed by atoms with van der Waals surface area (Å²) in [5, 5.41) is 11.8. The second-order valence-electron chi connectivity index (χ2n) is 8.51. The van der Waals surface area contributed by atoms with Crippen LogP contribution in [0.1, 0.15) is 18.5 Å². The summed E-state index contributed by atoms with van der Waals surface area (Å²) in [5.41, 5.74) is 0.0955. The molecule has 5 rings (SSSR count). The number of piperidine rings is 1. The van der Waals surface area contributed by atoms with E-state index >= 15 is 0 Å².